The normalized spacial score (nSPS) is 27.9. The van der Waals surface area contributed by atoms with Gasteiger partial charge in [0.2, 0.25) is 5.88 Å². The zero-order valence-corrected chi connectivity index (χ0v) is 13.6. The summed E-state index contributed by atoms with van der Waals surface area (Å²) in [6.45, 7) is 6.39. The number of likely N-dealkylation sites (tertiary alicyclic amines) is 1. The second kappa shape index (κ2) is 5.54. The van der Waals surface area contributed by atoms with Gasteiger partial charge in [0.15, 0.2) is 0 Å². The van der Waals surface area contributed by atoms with E-state index in [-0.39, 0.29) is 0 Å². The van der Waals surface area contributed by atoms with Gasteiger partial charge >= 0.3 is 5.97 Å². The molecule has 0 bridgehead atoms. The van der Waals surface area contributed by atoms with Gasteiger partial charge in [-0.1, -0.05) is 6.42 Å². The molecule has 1 saturated heterocycles. The van der Waals surface area contributed by atoms with Crippen LogP contribution < -0.4 is 4.74 Å². The zero-order chi connectivity index (χ0) is 15.9. The third kappa shape index (κ3) is 2.37. The Hall–Kier alpha value is -1.62. The van der Waals surface area contributed by atoms with Crippen LogP contribution in [0, 0.1) is 25.2 Å². The first-order valence-corrected chi connectivity index (χ1v) is 7.93. The Morgan fingerprint density at radius 1 is 1.55 bits per heavy atom. The number of methoxy groups -OCH3 is 1. The Bertz CT molecular complexity index is 579. The van der Waals surface area contributed by atoms with Crippen LogP contribution in [-0.4, -0.2) is 41.2 Å². The first-order valence-electron chi connectivity index (χ1n) is 7.93. The summed E-state index contributed by atoms with van der Waals surface area (Å²) in [4.78, 5) is 18.5. The quantitative estimate of drug-likeness (QED) is 0.925. The number of pyridine rings is 1. The molecule has 2 aliphatic rings. The fourth-order valence-corrected chi connectivity index (χ4v) is 4.25. The van der Waals surface area contributed by atoms with Crippen LogP contribution in [0.1, 0.15) is 36.1 Å². The average Bonchev–Trinajstić information content (AvgIpc) is 3.00. The van der Waals surface area contributed by atoms with Gasteiger partial charge in [-0.2, -0.15) is 0 Å². The van der Waals surface area contributed by atoms with Crippen molar-refractivity contribution in [1.29, 1.82) is 0 Å². The summed E-state index contributed by atoms with van der Waals surface area (Å²) in [6, 6.07) is 1.95. The van der Waals surface area contributed by atoms with E-state index in [1.807, 2.05) is 13.0 Å². The maximum atomic E-state index is 11.8. The molecule has 0 amide bonds. The highest BCUT2D eigenvalue weighted by molar-refractivity contribution is 5.76. The van der Waals surface area contributed by atoms with Crippen molar-refractivity contribution in [2.45, 2.75) is 39.7 Å². The Balaban J connectivity index is 1.80. The molecule has 0 aromatic carbocycles. The molecular formula is C17H24N2O3. The van der Waals surface area contributed by atoms with Crippen LogP contribution in [0.5, 0.6) is 5.88 Å². The lowest BCUT2D eigenvalue weighted by Crippen LogP contribution is -2.35. The summed E-state index contributed by atoms with van der Waals surface area (Å²) >= 11 is 0. The molecule has 3 rings (SSSR count). The molecule has 0 spiro atoms. The summed E-state index contributed by atoms with van der Waals surface area (Å²) in [6.07, 6.45) is 2.91. The molecule has 2 fully saturated rings. The maximum absolute atomic E-state index is 11.8. The highest BCUT2D eigenvalue weighted by Crippen LogP contribution is 2.49. The SMILES string of the molecule is COc1cc(C)c(CN2C[C@@H]3CCC[C@@]3(C(=O)O)C2)c(C)n1. The Morgan fingerprint density at radius 2 is 2.32 bits per heavy atom. The first-order chi connectivity index (χ1) is 10.5. The second-order valence-corrected chi connectivity index (χ2v) is 6.77. The van der Waals surface area contributed by atoms with E-state index in [2.05, 4.69) is 16.8 Å². The van der Waals surface area contributed by atoms with Gasteiger partial charge in [0.25, 0.3) is 0 Å². The third-order valence-electron chi connectivity index (χ3n) is 5.49. The lowest BCUT2D eigenvalue weighted by atomic mass is 9.81. The highest BCUT2D eigenvalue weighted by atomic mass is 16.5. The van der Waals surface area contributed by atoms with Gasteiger partial charge < -0.3 is 9.84 Å². The number of rotatable bonds is 4. The number of fused-ring (bicyclic) bond motifs is 1. The number of carboxylic acid groups (broad SMARTS) is 1. The molecule has 1 aliphatic carbocycles. The summed E-state index contributed by atoms with van der Waals surface area (Å²) in [5.41, 5.74) is 2.81. The van der Waals surface area contributed by atoms with E-state index in [9.17, 15) is 9.90 Å². The predicted octanol–water partition coefficient (Wildman–Crippen LogP) is 2.39. The van der Waals surface area contributed by atoms with Crippen molar-refractivity contribution in [3.63, 3.8) is 0 Å². The van der Waals surface area contributed by atoms with Crippen molar-refractivity contribution in [3.8, 4) is 5.88 Å². The molecule has 120 valence electrons. The molecule has 1 aliphatic heterocycles. The molecule has 5 heteroatoms. The molecule has 2 atom stereocenters. The maximum Gasteiger partial charge on any atom is 0.311 e. The van der Waals surface area contributed by atoms with Crippen LogP contribution in [0.25, 0.3) is 0 Å². The molecule has 0 radical (unpaired) electrons. The minimum Gasteiger partial charge on any atom is -0.481 e. The Labute approximate surface area is 131 Å². The molecule has 1 aromatic rings. The van der Waals surface area contributed by atoms with Crippen LogP contribution in [0.15, 0.2) is 6.07 Å². The molecule has 22 heavy (non-hydrogen) atoms. The number of aliphatic carboxylic acids is 1. The van der Waals surface area contributed by atoms with Gasteiger partial charge in [-0.05, 0) is 43.7 Å². The number of aromatic nitrogens is 1. The van der Waals surface area contributed by atoms with Crippen LogP contribution in [0.3, 0.4) is 0 Å². The zero-order valence-electron chi connectivity index (χ0n) is 13.6. The van der Waals surface area contributed by atoms with E-state index in [0.717, 1.165) is 43.6 Å². The molecule has 1 saturated carbocycles. The van der Waals surface area contributed by atoms with Crippen LogP contribution in [0.4, 0.5) is 0 Å². The smallest absolute Gasteiger partial charge is 0.311 e. The molecule has 5 nitrogen and oxygen atoms in total. The van der Waals surface area contributed by atoms with Crippen LogP contribution >= 0.6 is 0 Å². The van der Waals surface area contributed by atoms with Gasteiger partial charge in [-0.3, -0.25) is 9.69 Å². The lowest BCUT2D eigenvalue weighted by molar-refractivity contribution is -0.149. The largest absolute Gasteiger partial charge is 0.481 e. The monoisotopic (exact) mass is 304 g/mol. The standard InChI is InChI=1S/C17H24N2O3/c1-11-7-15(22-3)18-12(2)14(11)9-19-8-13-5-4-6-17(13,10-19)16(20)21/h7,13H,4-6,8-10H2,1-3H3,(H,20,21)/t13-,17+/m0/s1. The Morgan fingerprint density at radius 3 is 2.91 bits per heavy atom. The van der Waals surface area contributed by atoms with Gasteiger partial charge in [0, 0.05) is 31.4 Å². The van der Waals surface area contributed by atoms with Crippen molar-refractivity contribution < 1.29 is 14.6 Å². The van der Waals surface area contributed by atoms with Crippen molar-refractivity contribution in [2.75, 3.05) is 20.2 Å². The number of ether oxygens (including phenoxy) is 1. The van der Waals surface area contributed by atoms with Gasteiger partial charge in [0.05, 0.1) is 12.5 Å². The molecule has 0 unspecified atom stereocenters. The number of hydrogen-bond donors (Lipinski definition) is 1. The van der Waals surface area contributed by atoms with Crippen LogP contribution in [0.2, 0.25) is 0 Å². The van der Waals surface area contributed by atoms with E-state index < -0.39 is 11.4 Å². The van der Waals surface area contributed by atoms with Gasteiger partial charge in [0.1, 0.15) is 0 Å². The average molecular weight is 304 g/mol. The van der Waals surface area contributed by atoms with E-state index in [1.165, 1.54) is 5.56 Å². The number of carbonyl (C=O) groups is 1. The molecular weight excluding hydrogens is 280 g/mol. The fourth-order valence-electron chi connectivity index (χ4n) is 4.25. The minimum absolute atomic E-state index is 0.303. The van der Waals surface area contributed by atoms with Crippen molar-refractivity contribution in [1.82, 2.24) is 9.88 Å². The number of carboxylic acids is 1. The van der Waals surface area contributed by atoms with E-state index in [1.54, 1.807) is 7.11 Å². The van der Waals surface area contributed by atoms with E-state index in [0.29, 0.717) is 18.3 Å². The van der Waals surface area contributed by atoms with E-state index in [4.69, 9.17) is 4.74 Å². The number of nitrogens with zero attached hydrogens (tertiary/aromatic N) is 2. The summed E-state index contributed by atoms with van der Waals surface area (Å²) in [5.74, 6) is 0.328. The fraction of sp³-hybridized carbons (Fsp3) is 0.647. The molecule has 1 N–H and O–H groups in total. The Kier molecular flexibility index (Phi) is 3.85. The predicted molar refractivity (Wildman–Crippen MR) is 82.9 cm³/mol. The van der Waals surface area contributed by atoms with Gasteiger partial charge in [-0.25, -0.2) is 4.98 Å². The minimum atomic E-state index is -0.612. The summed E-state index contributed by atoms with van der Waals surface area (Å²) in [5, 5.41) is 9.68. The third-order valence-corrected chi connectivity index (χ3v) is 5.49. The summed E-state index contributed by atoms with van der Waals surface area (Å²) in [7, 11) is 1.62. The molecule has 2 heterocycles. The second-order valence-electron chi connectivity index (χ2n) is 6.77. The van der Waals surface area contributed by atoms with E-state index >= 15 is 0 Å². The number of hydrogen-bond acceptors (Lipinski definition) is 4. The van der Waals surface area contributed by atoms with Crippen molar-refractivity contribution in [3.05, 3.63) is 22.9 Å². The first kappa shape index (κ1) is 15.3. The molecule has 1 aromatic heterocycles. The summed E-state index contributed by atoms with van der Waals surface area (Å²) < 4.78 is 5.21. The lowest BCUT2D eigenvalue weighted by Gasteiger charge is -2.24. The van der Waals surface area contributed by atoms with Crippen molar-refractivity contribution >= 4 is 5.97 Å². The highest BCUT2D eigenvalue weighted by Gasteiger charge is 2.54. The number of aryl methyl sites for hydroxylation is 2. The topological polar surface area (TPSA) is 62.7 Å². The van der Waals surface area contributed by atoms with Gasteiger partial charge in [-0.15, -0.1) is 0 Å². The van der Waals surface area contributed by atoms with Crippen LogP contribution in [-0.2, 0) is 11.3 Å². The van der Waals surface area contributed by atoms with Crippen molar-refractivity contribution in [2.24, 2.45) is 11.3 Å².